The number of benzene rings is 2. The van der Waals surface area contributed by atoms with Gasteiger partial charge in [0.25, 0.3) is 0 Å². The number of nitrogens with two attached hydrogens (primary N) is 1. The van der Waals surface area contributed by atoms with Gasteiger partial charge in [0.1, 0.15) is 0 Å². The predicted octanol–water partition coefficient (Wildman–Crippen LogP) is 4.34. The summed E-state index contributed by atoms with van der Waals surface area (Å²) in [5.41, 5.74) is 10.7. The first-order chi connectivity index (χ1) is 8.08. The maximum absolute atomic E-state index is 5.96. The van der Waals surface area contributed by atoms with Gasteiger partial charge < -0.3 is 5.73 Å². The van der Waals surface area contributed by atoms with Crippen LogP contribution in [0.4, 0.5) is 0 Å². The van der Waals surface area contributed by atoms with Crippen molar-refractivity contribution in [3.63, 3.8) is 0 Å². The van der Waals surface area contributed by atoms with Crippen LogP contribution in [0, 0.1) is 6.92 Å². The van der Waals surface area contributed by atoms with E-state index >= 15 is 0 Å². The van der Waals surface area contributed by atoms with Crippen LogP contribution in [0.25, 0.3) is 11.1 Å². The largest absolute Gasteiger partial charge is 0.324 e. The quantitative estimate of drug-likeness (QED) is 0.837. The van der Waals surface area contributed by atoms with E-state index in [-0.39, 0.29) is 6.04 Å². The first-order valence-electron chi connectivity index (χ1n) is 5.70. The molecule has 0 saturated carbocycles. The van der Waals surface area contributed by atoms with Crippen molar-refractivity contribution >= 4 is 11.6 Å². The van der Waals surface area contributed by atoms with Crippen molar-refractivity contribution in [1.82, 2.24) is 0 Å². The van der Waals surface area contributed by atoms with Crippen LogP contribution < -0.4 is 5.73 Å². The van der Waals surface area contributed by atoms with Crippen LogP contribution in [0.2, 0.25) is 5.02 Å². The van der Waals surface area contributed by atoms with Crippen LogP contribution in [0.15, 0.2) is 42.5 Å². The molecule has 2 N–H and O–H groups in total. The van der Waals surface area contributed by atoms with Gasteiger partial charge in [-0.05, 0) is 54.3 Å². The maximum atomic E-state index is 5.96. The first kappa shape index (κ1) is 12.2. The Balaban J connectivity index is 2.46. The van der Waals surface area contributed by atoms with Gasteiger partial charge >= 0.3 is 0 Å². The van der Waals surface area contributed by atoms with Crippen molar-refractivity contribution in [3.8, 4) is 11.1 Å². The smallest absolute Gasteiger partial charge is 0.0406 e. The summed E-state index contributed by atoms with van der Waals surface area (Å²) in [4.78, 5) is 0. The third-order valence-electron chi connectivity index (χ3n) is 2.95. The summed E-state index contributed by atoms with van der Waals surface area (Å²) in [7, 11) is 0. The normalized spacial score (nSPS) is 12.5. The molecular formula is C15H16ClN. The van der Waals surface area contributed by atoms with E-state index in [9.17, 15) is 0 Å². The number of halogens is 1. The fraction of sp³-hybridized carbons (Fsp3) is 0.200. The van der Waals surface area contributed by atoms with Crippen molar-refractivity contribution in [2.24, 2.45) is 5.73 Å². The van der Waals surface area contributed by atoms with Gasteiger partial charge in [-0.3, -0.25) is 0 Å². The van der Waals surface area contributed by atoms with E-state index in [0.29, 0.717) is 0 Å². The highest BCUT2D eigenvalue weighted by atomic mass is 35.5. The molecule has 0 amide bonds. The fourth-order valence-corrected chi connectivity index (χ4v) is 2.08. The van der Waals surface area contributed by atoms with E-state index < -0.39 is 0 Å². The number of hydrogen-bond donors (Lipinski definition) is 1. The predicted molar refractivity (Wildman–Crippen MR) is 74.2 cm³/mol. The number of aryl methyl sites for hydroxylation is 1. The lowest BCUT2D eigenvalue weighted by atomic mass is 9.96. The molecular weight excluding hydrogens is 230 g/mol. The van der Waals surface area contributed by atoms with E-state index in [0.717, 1.165) is 10.6 Å². The lowest BCUT2D eigenvalue weighted by Crippen LogP contribution is -2.06. The molecule has 1 unspecified atom stereocenters. The zero-order valence-corrected chi connectivity index (χ0v) is 10.8. The summed E-state index contributed by atoms with van der Waals surface area (Å²) in [6, 6.07) is 14.3. The maximum Gasteiger partial charge on any atom is 0.0406 e. The summed E-state index contributed by atoms with van der Waals surface area (Å²) in [6.45, 7) is 4.10. The lowest BCUT2D eigenvalue weighted by molar-refractivity contribution is 0.810. The van der Waals surface area contributed by atoms with Gasteiger partial charge in [0.05, 0.1) is 0 Å². The fourth-order valence-electron chi connectivity index (χ4n) is 1.95. The molecule has 0 aliphatic heterocycles. The molecule has 0 fully saturated rings. The van der Waals surface area contributed by atoms with Gasteiger partial charge in [0.15, 0.2) is 0 Å². The monoisotopic (exact) mass is 245 g/mol. The average Bonchev–Trinajstić information content (AvgIpc) is 2.30. The Morgan fingerprint density at radius 1 is 1.00 bits per heavy atom. The van der Waals surface area contributed by atoms with E-state index in [1.165, 1.54) is 16.7 Å². The third kappa shape index (κ3) is 2.68. The molecule has 2 aromatic carbocycles. The van der Waals surface area contributed by atoms with Crippen molar-refractivity contribution in [2.45, 2.75) is 19.9 Å². The molecule has 0 aromatic heterocycles. The van der Waals surface area contributed by atoms with Crippen molar-refractivity contribution in [3.05, 3.63) is 58.6 Å². The Hall–Kier alpha value is -1.31. The summed E-state index contributed by atoms with van der Waals surface area (Å²) < 4.78 is 0. The summed E-state index contributed by atoms with van der Waals surface area (Å²) in [5, 5.41) is 0.758. The highest BCUT2D eigenvalue weighted by molar-refractivity contribution is 6.30. The Labute approximate surface area is 107 Å². The zero-order valence-electron chi connectivity index (χ0n) is 10.1. The van der Waals surface area contributed by atoms with E-state index in [4.69, 9.17) is 17.3 Å². The molecule has 88 valence electrons. The van der Waals surface area contributed by atoms with E-state index in [1.54, 1.807) is 0 Å². The van der Waals surface area contributed by atoms with Crippen LogP contribution in [-0.2, 0) is 0 Å². The Morgan fingerprint density at radius 3 is 2.18 bits per heavy atom. The van der Waals surface area contributed by atoms with Gasteiger partial charge in [-0.15, -0.1) is 0 Å². The molecule has 1 nitrogen and oxygen atoms in total. The molecule has 2 aromatic rings. The second kappa shape index (κ2) is 4.91. The molecule has 0 bridgehead atoms. The molecule has 0 heterocycles. The van der Waals surface area contributed by atoms with Gasteiger partial charge in [-0.2, -0.15) is 0 Å². The van der Waals surface area contributed by atoms with Crippen molar-refractivity contribution in [1.29, 1.82) is 0 Å². The zero-order chi connectivity index (χ0) is 12.4. The van der Waals surface area contributed by atoms with Gasteiger partial charge in [-0.1, -0.05) is 35.9 Å². The molecule has 0 aliphatic carbocycles. The molecule has 1 atom stereocenters. The van der Waals surface area contributed by atoms with Gasteiger partial charge in [-0.25, -0.2) is 0 Å². The highest BCUT2D eigenvalue weighted by Crippen LogP contribution is 2.26. The van der Waals surface area contributed by atoms with Crippen molar-refractivity contribution < 1.29 is 0 Å². The highest BCUT2D eigenvalue weighted by Gasteiger charge is 2.06. The van der Waals surface area contributed by atoms with Gasteiger partial charge in [0.2, 0.25) is 0 Å². The van der Waals surface area contributed by atoms with Crippen LogP contribution in [0.3, 0.4) is 0 Å². The molecule has 2 rings (SSSR count). The van der Waals surface area contributed by atoms with E-state index in [2.05, 4.69) is 25.1 Å². The number of rotatable bonds is 2. The summed E-state index contributed by atoms with van der Waals surface area (Å²) >= 11 is 5.89. The summed E-state index contributed by atoms with van der Waals surface area (Å²) in [6.07, 6.45) is 0. The minimum absolute atomic E-state index is 0.0576. The Morgan fingerprint density at radius 2 is 1.59 bits per heavy atom. The molecule has 0 radical (unpaired) electrons. The second-order valence-corrected chi connectivity index (χ2v) is 4.80. The van der Waals surface area contributed by atoms with Gasteiger partial charge in [0, 0.05) is 11.1 Å². The second-order valence-electron chi connectivity index (χ2n) is 4.37. The van der Waals surface area contributed by atoms with E-state index in [1.807, 2.05) is 31.2 Å². The molecule has 2 heteroatoms. The molecule has 17 heavy (non-hydrogen) atoms. The topological polar surface area (TPSA) is 26.0 Å². The van der Waals surface area contributed by atoms with Crippen molar-refractivity contribution in [2.75, 3.05) is 0 Å². The van der Waals surface area contributed by atoms with Crippen LogP contribution >= 0.6 is 11.6 Å². The third-order valence-corrected chi connectivity index (χ3v) is 3.20. The molecule has 0 saturated heterocycles. The average molecular weight is 246 g/mol. The lowest BCUT2D eigenvalue weighted by Gasteiger charge is -2.12. The Kier molecular flexibility index (Phi) is 3.51. The van der Waals surface area contributed by atoms with Crippen LogP contribution in [-0.4, -0.2) is 0 Å². The number of hydrogen-bond acceptors (Lipinski definition) is 1. The van der Waals surface area contributed by atoms with Crippen LogP contribution in [0.5, 0.6) is 0 Å². The molecule has 0 aliphatic rings. The minimum Gasteiger partial charge on any atom is -0.324 e. The summed E-state index contributed by atoms with van der Waals surface area (Å²) in [5.74, 6) is 0. The minimum atomic E-state index is 0.0576. The first-order valence-corrected chi connectivity index (χ1v) is 6.08. The SMILES string of the molecule is Cc1ccc(-c2ccc(Cl)cc2)cc1C(C)N. The molecule has 0 spiro atoms. The Bertz CT molecular complexity index is 515. The van der Waals surface area contributed by atoms with Crippen LogP contribution in [0.1, 0.15) is 24.1 Å². The standard InChI is InChI=1S/C15H16ClN/c1-10-3-4-13(9-15(10)11(2)17)12-5-7-14(16)8-6-12/h3-9,11H,17H2,1-2H3.